The third-order valence-electron chi connectivity index (χ3n) is 4.04. The number of benzene rings is 2. The average Bonchev–Trinajstić information content (AvgIpc) is 2.65. The van der Waals surface area contributed by atoms with Gasteiger partial charge in [-0.05, 0) is 48.4 Å². The van der Waals surface area contributed by atoms with Crippen LogP contribution in [0.5, 0.6) is 11.5 Å². The van der Waals surface area contributed by atoms with Crippen molar-refractivity contribution in [1.82, 2.24) is 5.32 Å². The predicted octanol–water partition coefficient (Wildman–Crippen LogP) is 2.53. The normalized spacial score (nSPS) is 12.8. The maximum Gasteiger partial charge on any atom is 0.251 e. The molecule has 0 spiro atoms. The zero-order valence-electron chi connectivity index (χ0n) is 14.3. The second-order valence-electron chi connectivity index (χ2n) is 5.82. The molecule has 0 fully saturated rings. The van der Waals surface area contributed by atoms with E-state index in [0.29, 0.717) is 18.6 Å². The third-order valence-corrected chi connectivity index (χ3v) is 4.04. The Bertz CT molecular complexity index is 838. The average molecular weight is 358 g/mol. The number of hydrogen-bond acceptors (Lipinski definition) is 4. The zero-order valence-corrected chi connectivity index (χ0v) is 14.3. The lowest BCUT2D eigenvalue weighted by Crippen LogP contribution is -2.28. The van der Waals surface area contributed by atoms with E-state index in [-0.39, 0.29) is 36.3 Å². The maximum absolute atomic E-state index is 13.6. The van der Waals surface area contributed by atoms with E-state index in [0.717, 1.165) is 17.3 Å². The smallest absolute Gasteiger partial charge is 0.251 e. The number of rotatable bonds is 6. The Labute approximate surface area is 150 Å². The Morgan fingerprint density at radius 1 is 1.23 bits per heavy atom. The fourth-order valence-electron chi connectivity index (χ4n) is 2.69. The molecule has 2 aromatic rings. The van der Waals surface area contributed by atoms with E-state index in [1.54, 1.807) is 12.1 Å². The largest absolute Gasteiger partial charge is 0.494 e. The topological polar surface area (TPSA) is 76.7 Å². The summed E-state index contributed by atoms with van der Waals surface area (Å²) in [5.41, 5.74) is 2.05. The highest BCUT2D eigenvalue weighted by Crippen LogP contribution is 2.26. The minimum atomic E-state index is -0.586. The summed E-state index contributed by atoms with van der Waals surface area (Å²) in [6.45, 7) is 0.551. The van der Waals surface area contributed by atoms with Crippen molar-refractivity contribution in [2.24, 2.45) is 0 Å². The molecule has 0 atom stereocenters. The van der Waals surface area contributed by atoms with Crippen molar-refractivity contribution in [3.63, 3.8) is 0 Å². The number of ether oxygens (including phenoxy) is 2. The first-order valence-electron chi connectivity index (χ1n) is 8.24. The molecule has 7 heteroatoms. The van der Waals surface area contributed by atoms with Crippen molar-refractivity contribution in [1.29, 1.82) is 0 Å². The molecule has 0 unspecified atom stereocenters. The standard InChI is InChI=1S/C19H19FN2O4/c1-25-17-6-2-13(11-15(17)20)19(24)21-8-9-26-14-4-5-16-12(10-14)3-7-18(23)22-16/h2,4-6,10-11H,3,7-9H2,1H3,(H,21,24)(H,22,23). The number of methoxy groups -OCH3 is 1. The number of anilines is 1. The first-order chi connectivity index (χ1) is 12.6. The van der Waals surface area contributed by atoms with Gasteiger partial charge in [0.2, 0.25) is 5.91 Å². The second kappa shape index (κ2) is 7.86. The summed E-state index contributed by atoms with van der Waals surface area (Å²) in [5.74, 6) is -0.192. The van der Waals surface area contributed by atoms with Gasteiger partial charge in [-0.3, -0.25) is 9.59 Å². The summed E-state index contributed by atoms with van der Waals surface area (Å²) in [7, 11) is 1.37. The number of carbonyl (C=O) groups is 2. The van der Waals surface area contributed by atoms with Gasteiger partial charge in [0, 0.05) is 17.7 Å². The fraction of sp³-hybridized carbons (Fsp3) is 0.263. The first-order valence-corrected chi connectivity index (χ1v) is 8.24. The van der Waals surface area contributed by atoms with Crippen LogP contribution < -0.4 is 20.1 Å². The molecule has 136 valence electrons. The molecule has 2 aromatic carbocycles. The summed E-state index contributed by atoms with van der Waals surface area (Å²) in [4.78, 5) is 23.4. The molecule has 3 rings (SSSR count). The highest BCUT2D eigenvalue weighted by molar-refractivity contribution is 5.94. The van der Waals surface area contributed by atoms with Crippen LogP contribution in [0.15, 0.2) is 36.4 Å². The zero-order chi connectivity index (χ0) is 18.5. The van der Waals surface area contributed by atoms with Crippen LogP contribution in [0, 0.1) is 5.82 Å². The summed E-state index contributed by atoms with van der Waals surface area (Å²) in [5, 5.41) is 5.48. The highest BCUT2D eigenvalue weighted by Gasteiger charge is 2.15. The summed E-state index contributed by atoms with van der Waals surface area (Å²) in [6, 6.07) is 9.50. The third kappa shape index (κ3) is 4.11. The van der Waals surface area contributed by atoms with Gasteiger partial charge in [0.1, 0.15) is 12.4 Å². The summed E-state index contributed by atoms with van der Waals surface area (Å²) < 4.78 is 24.1. The highest BCUT2D eigenvalue weighted by atomic mass is 19.1. The Kier molecular flexibility index (Phi) is 5.36. The quantitative estimate of drug-likeness (QED) is 0.778. The maximum atomic E-state index is 13.6. The lowest BCUT2D eigenvalue weighted by molar-refractivity contribution is -0.116. The van der Waals surface area contributed by atoms with E-state index in [9.17, 15) is 14.0 Å². The van der Waals surface area contributed by atoms with Crippen LogP contribution in [0.3, 0.4) is 0 Å². The Morgan fingerprint density at radius 2 is 2.08 bits per heavy atom. The van der Waals surface area contributed by atoms with Crippen LogP contribution in [0.1, 0.15) is 22.3 Å². The lowest BCUT2D eigenvalue weighted by Gasteiger charge is -2.17. The van der Waals surface area contributed by atoms with Gasteiger partial charge in [0.15, 0.2) is 11.6 Å². The molecule has 1 aliphatic rings. The van der Waals surface area contributed by atoms with Gasteiger partial charge in [-0.15, -0.1) is 0 Å². The number of amides is 2. The molecule has 26 heavy (non-hydrogen) atoms. The van der Waals surface area contributed by atoms with Crippen LogP contribution in [-0.4, -0.2) is 32.1 Å². The van der Waals surface area contributed by atoms with Crippen molar-refractivity contribution >= 4 is 17.5 Å². The molecule has 0 bridgehead atoms. The van der Waals surface area contributed by atoms with Crippen molar-refractivity contribution in [2.45, 2.75) is 12.8 Å². The number of hydrogen-bond donors (Lipinski definition) is 2. The Hall–Kier alpha value is -3.09. The van der Waals surface area contributed by atoms with E-state index in [1.807, 2.05) is 6.07 Å². The number of aryl methyl sites for hydroxylation is 1. The molecule has 2 amide bonds. The Morgan fingerprint density at radius 3 is 2.85 bits per heavy atom. The van der Waals surface area contributed by atoms with Gasteiger partial charge >= 0.3 is 0 Å². The molecule has 0 aliphatic carbocycles. The molecular weight excluding hydrogens is 339 g/mol. The van der Waals surface area contributed by atoms with Crippen molar-refractivity contribution in [3.8, 4) is 11.5 Å². The molecule has 2 N–H and O–H groups in total. The van der Waals surface area contributed by atoms with Gasteiger partial charge in [0.05, 0.1) is 13.7 Å². The molecule has 1 heterocycles. The number of halogens is 1. The summed E-state index contributed by atoms with van der Waals surface area (Å²) >= 11 is 0. The van der Waals surface area contributed by atoms with Gasteiger partial charge in [-0.25, -0.2) is 4.39 Å². The molecular formula is C19H19FN2O4. The van der Waals surface area contributed by atoms with Gasteiger partial charge in [-0.2, -0.15) is 0 Å². The molecule has 0 saturated heterocycles. The van der Waals surface area contributed by atoms with Crippen LogP contribution in [0.25, 0.3) is 0 Å². The van der Waals surface area contributed by atoms with Crippen LogP contribution in [-0.2, 0) is 11.2 Å². The van der Waals surface area contributed by atoms with E-state index in [1.165, 1.54) is 19.2 Å². The first kappa shape index (κ1) is 17.7. The van der Waals surface area contributed by atoms with Gasteiger partial charge < -0.3 is 20.1 Å². The van der Waals surface area contributed by atoms with Crippen molar-refractivity contribution < 1.29 is 23.5 Å². The van der Waals surface area contributed by atoms with E-state index in [4.69, 9.17) is 9.47 Å². The monoisotopic (exact) mass is 358 g/mol. The van der Waals surface area contributed by atoms with Gasteiger partial charge in [0.25, 0.3) is 5.91 Å². The van der Waals surface area contributed by atoms with Crippen LogP contribution in [0.2, 0.25) is 0 Å². The Balaban J connectivity index is 1.49. The second-order valence-corrected chi connectivity index (χ2v) is 5.82. The number of fused-ring (bicyclic) bond motifs is 1. The molecule has 6 nitrogen and oxygen atoms in total. The van der Waals surface area contributed by atoms with Crippen LogP contribution in [0.4, 0.5) is 10.1 Å². The van der Waals surface area contributed by atoms with E-state index < -0.39 is 5.82 Å². The molecule has 1 aliphatic heterocycles. The van der Waals surface area contributed by atoms with Crippen molar-refractivity contribution in [3.05, 3.63) is 53.3 Å². The minimum Gasteiger partial charge on any atom is -0.494 e. The summed E-state index contributed by atoms with van der Waals surface area (Å²) in [6.07, 6.45) is 1.14. The molecule has 0 aromatic heterocycles. The minimum absolute atomic E-state index is 0.0175. The molecule has 0 saturated carbocycles. The van der Waals surface area contributed by atoms with Crippen molar-refractivity contribution in [2.75, 3.05) is 25.6 Å². The SMILES string of the molecule is COc1ccc(C(=O)NCCOc2ccc3c(c2)CCC(=O)N3)cc1F. The van der Waals surface area contributed by atoms with Crippen LogP contribution >= 0.6 is 0 Å². The van der Waals surface area contributed by atoms with Gasteiger partial charge in [-0.1, -0.05) is 0 Å². The molecule has 0 radical (unpaired) electrons. The fourth-order valence-corrected chi connectivity index (χ4v) is 2.69. The lowest BCUT2D eigenvalue weighted by atomic mass is 10.0. The number of nitrogens with one attached hydrogen (secondary N) is 2. The van der Waals surface area contributed by atoms with E-state index >= 15 is 0 Å². The predicted molar refractivity (Wildman–Crippen MR) is 94.2 cm³/mol. The van der Waals surface area contributed by atoms with E-state index in [2.05, 4.69) is 10.6 Å². The number of carbonyl (C=O) groups excluding carboxylic acids is 2.